The summed E-state index contributed by atoms with van der Waals surface area (Å²) in [5.41, 5.74) is 12.8. The van der Waals surface area contributed by atoms with Crippen LogP contribution in [0.4, 0.5) is 21.5 Å². The fourth-order valence-electron chi connectivity index (χ4n) is 9.16. The van der Waals surface area contributed by atoms with Gasteiger partial charge in [0.25, 0.3) is 0 Å². The highest BCUT2D eigenvalue weighted by molar-refractivity contribution is 6.07. The monoisotopic (exact) mass is 719 g/mol. The van der Waals surface area contributed by atoms with E-state index in [0.29, 0.717) is 5.39 Å². The Bertz CT molecular complexity index is 3040. The molecule has 9 aromatic carbocycles. The van der Waals surface area contributed by atoms with Crippen molar-refractivity contribution >= 4 is 49.8 Å². The van der Waals surface area contributed by atoms with Gasteiger partial charge in [0.15, 0.2) is 0 Å². The molecule has 0 saturated heterocycles. The lowest BCUT2D eigenvalue weighted by molar-refractivity contribution is 0.633. The minimum atomic E-state index is -0.729. The molecule has 0 unspecified atom stereocenters. The van der Waals surface area contributed by atoms with Gasteiger partial charge in [-0.2, -0.15) is 0 Å². The summed E-state index contributed by atoms with van der Waals surface area (Å²) in [5, 5.41) is 3.78. The van der Waals surface area contributed by atoms with Crippen molar-refractivity contribution in [3.63, 3.8) is 0 Å². The van der Waals surface area contributed by atoms with Crippen molar-refractivity contribution in [3.8, 4) is 22.3 Å². The van der Waals surface area contributed by atoms with Crippen LogP contribution in [0, 0.1) is 5.82 Å². The van der Waals surface area contributed by atoms with E-state index in [0.717, 1.165) is 88.9 Å². The predicted octanol–water partition coefficient (Wildman–Crippen LogP) is 14.4. The number of hydrogen-bond acceptors (Lipinski definition) is 2. The number of benzene rings is 9. The van der Waals surface area contributed by atoms with Gasteiger partial charge in [0, 0.05) is 39.3 Å². The SMILES string of the molecule is Fc1cc2c(c3ccccc13)-c1ccc(-c3ccc(N(c4ccccc4)c4ccc5c(c4)oc4ccccc45)cc3)cc1C2(c1ccccc1)c1ccccc1. The summed E-state index contributed by atoms with van der Waals surface area (Å²) >= 11 is 0. The smallest absolute Gasteiger partial charge is 0.137 e. The molecule has 1 aliphatic carbocycles. The molecule has 1 aliphatic rings. The number of para-hydroxylation sites is 2. The fourth-order valence-corrected chi connectivity index (χ4v) is 9.16. The molecule has 0 atom stereocenters. The number of fused-ring (bicyclic) bond motifs is 8. The van der Waals surface area contributed by atoms with Gasteiger partial charge in [-0.3, -0.25) is 0 Å². The van der Waals surface area contributed by atoms with E-state index in [1.165, 1.54) is 0 Å². The summed E-state index contributed by atoms with van der Waals surface area (Å²) in [7, 11) is 0. The van der Waals surface area contributed by atoms with Gasteiger partial charge in [-0.15, -0.1) is 0 Å². The van der Waals surface area contributed by atoms with Crippen molar-refractivity contribution in [1.82, 2.24) is 0 Å². The molecule has 2 nitrogen and oxygen atoms in total. The van der Waals surface area contributed by atoms with Gasteiger partial charge in [0.1, 0.15) is 17.0 Å². The van der Waals surface area contributed by atoms with E-state index in [-0.39, 0.29) is 5.82 Å². The van der Waals surface area contributed by atoms with E-state index < -0.39 is 5.41 Å². The number of nitrogens with zero attached hydrogens (tertiary/aromatic N) is 1. The van der Waals surface area contributed by atoms with Crippen molar-refractivity contribution < 1.29 is 8.81 Å². The maximum absolute atomic E-state index is 16.2. The van der Waals surface area contributed by atoms with Crippen molar-refractivity contribution in [2.24, 2.45) is 0 Å². The summed E-state index contributed by atoms with van der Waals surface area (Å²) < 4.78 is 22.6. The second-order valence-electron chi connectivity index (χ2n) is 14.6. The van der Waals surface area contributed by atoms with Crippen LogP contribution in [0.1, 0.15) is 22.3 Å². The second kappa shape index (κ2) is 12.7. The zero-order valence-corrected chi connectivity index (χ0v) is 30.4. The molecule has 3 heteroatoms. The number of halogens is 1. The number of anilines is 3. The van der Waals surface area contributed by atoms with Crippen molar-refractivity contribution in [1.29, 1.82) is 0 Å². The van der Waals surface area contributed by atoms with Crippen molar-refractivity contribution in [2.45, 2.75) is 5.41 Å². The van der Waals surface area contributed by atoms with Crippen LogP contribution in [0.3, 0.4) is 0 Å². The van der Waals surface area contributed by atoms with Gasteiger partial charge < -0.3 is 9.32 Å². The lowest BCUT2D eigenvalue weighted by Crippen LogP contribution is -2.28. The van der Waals surface area contributed by atoms with E-state index >= 15 is 4.39 Å². The molecule has 0 saturated carbocycles. The molecule has 0 aliphatic heterocycles. The van der Waals surface area contributed by atoms with Gasteiger partial charge in [0.05, 0.1) is 5.41 Å². The number of rotatable bonds is 6. The van der Waals surface area contributed by atoms with Crippen LogP contribution < -0.4 is 4.90 Å². The summed E-state index contributed by atoms with van der Waals surface area (Å²) in [5.74, 6) is -0.207. The Balaban J connectivity index is 1.08. The molecule has 0 amide bonds. The molecular weight excluding hydrogens is 686 g/mol. The van der Waals surface area contributed by atoms with E-state index in [2.05, 4.69) is 150 Å². The largest absolute Gasteiger partial charge is 0.456 e. The first-order valence-electron chi connectivity index (χ1n) is 19.0. The standard InChI is InChI=1S/C53H34FNO/c54-49-34-48-52(45-22-11-10-20-42(45)49)46-30-26-36(32-47(46)53(48,37-14-4-1-5-15-37)38-16-6-2-7-17-38)35-24-27-40(28-25-35)55(39-18-8-3-9-19-39)41-29-31-44-43-21-12-13-23-50(43)56-51(44)33-41/h1-34H. The van der Waals surface area contributed by atoms with Crippen LogP contribution in [0.2, 0.25) is 0 Å². The molecular formula is C53H34FNO. The second-order valence-corrected chi connectivity index (χ2v) is 14.6. The van der Waals surface area contributed by atoms with Crippen LogP contribution in [0.15, 0.2) is 211 Å². The van der Waals surface area contributed by atoms with E-state index in [1.54, 1.807) is 6.07 Å². The molecule has 0 spiro atoms. The Morgan fingerprint density at radius 3 is 1.66 bits per heavy atom. The average Bonchev–Trinajstić information content (AvgIpc) is 3.78. The van der Waals surface area contributed by atoms with Crippen LogP contribution in [0.5, 0.6) is 0 Å². The molecule has 11 rings (SSSR count). The maximum atomic E-state index is 16.2. The first kappa shape index (κ1) is 32.2. The first-order valence-corrected chi connectivity index (χ1v) is 19.0. The van der Waals surface area contributed by atoms with E-state index in [4.69, 9.17) is 4.42 Å². The summed E-state index contributed by atoms with van der Waals surface area (Å²) in [4.78, 5) is 2.27. The minimum absolute atomic E-state index is 0.207. The molecule has 0 fully saturated rings. The molecule has 0 N–H and O–H groups in total. The van der Waals surface area contributed by atoms with Crippen molar-refractivity contribution in [3.05, 3.63) is 234 Å². The van der Waals surface area contributed by atoms with E-state index in [1.807, 2.05) is 54.6 Å². The topological polar surface area (TPSA) is 16.4 Å². The Hall–Kier alpha value is -7.23. The third-order valence-corrected chi connectivity index (χ3v) is 11.6. The van der Waals surface area contributed by atoms with E-state index in [9.17, 15) is 0 Å². The van der Waals surface area contributed by atoms with Crippen molar-refractivity contribution in [2.75, 3.05) is 4.90 Å². The van der Waals surface area contributed by atoms with Gasteiger partial charge in [0.2, 0.25) is 0 Å². The molecule has 0 radical (unpaired) electrons. The van der Waals surface area contributed by atoms with Gasteiger partial charge in [-0.05, 0) is 104 Å². The zero-order valence-electron chi connectivity index (χ0n) is 30.4. The van der Waals surface area contributed by atoms with Crippen LogP contribution >= 0.6 is 0 Å². The number of hydrogen-bond donors (Lipinski definition) is 0. The van der Waals surface area contributed by atoms with Gasteiger partial charge in [-0.25, -0.2) is 4.39 Å². The molecule has 56 heavy (non-hydrogen) atoms. The van der Waals surface area contributed by atoms with Gasteiger partial charge in [-0.1, -0.05) is 146 Å². The van der Waals surface area contributed by atoms with Crippen LogP contribution in [0.25, 0.3) is 55.0 Å². The quantitative estimate of drug-likeness (QED) is 0.170. The first-order chi connectivity index (χ1) is 27.7. The highest BCUT2D eigenvalue weighted by Gasteiger charge is 2.47. The highest BCUT2D eigenvalue weighted by Crippen LogP contribution is 2.58. The molecule has 1 aromatic heterocycles. The Morgan fingerprint density at radius 2 is 0.946 bits per heavy atom. The Kier molecular flexibility index (Phi) is 7.30. The van der Waals surface area contributed by atoms with Crippen LogP contribution in [-0.4, -0.2) is 0 Å². The Morgan fingerprint density at radius 1 is 0.393 bits per heavy atom. The zero-order chi connectivity index (χ0) is 37.2. The summed E-state index contributed by atoms with van der Waals surface area (Å²) in [6.07, 6.45) is 0. The fraction of sp³-hybridized carbons (Fsp3) is 0.0189. The normalized spacial score (nSPS) is 12.9. The molecule has 10 aromatic rings. The van der Waals surface area contributed by atoms with Gasteiger partial charge >= 0.3 is 0 Å². The third-order valence-electron chi connectivity index (χ3n) is 11.6. The third kappa shape index (κ3) is 4.81. The average molecular weight is 720 g/mol. The maximum Gasteiger partial charge on any atom is 0.137 e. The molecule has 264 valence electrons. The lowest BCUT2D eigenvalue weighted by Gasteiger charge is -2.34. The summed E-state index contributed by atoms with van der Waals surface area (Å²) in [6, 6.07) is 71.5. The van der Waals surface area contributed by atoms with Crippen LogP contribution in [-0.2, 0) is 5.41 Å². The minimum Gasteiger partial charge on any atom is -0.456 e. The molecule has 1 heterocycles. The summed E-state index contributed by atoms with van der Waals surface area (Å²) in [6.45, 7) is 0. The highest BCUT2D eigenvalue weighted by atomic mass is 19.1. The number of furan rings is 1. The predicted molar refractivity (Wildman–Crippen MR) is 229 cm³/mol. The molecule has 0 bridgehead atoms. The Labute approximate surface area is 324 Å². The lowest BCUT2D eigenvalue weighted by atomic mass is 9.67.